The average molecular weight is 1330 g/mol. The van der Waals surface area contributed by atoms with Crippen LogP contribution in [-0.4, -0.2) is 192 Å². The van der Waals surface area contributed by atoms with Gasteiger partial charge in [0, 0.05) is 85.4 Å². The third kappa shape index (κ3) is 20.3. The van der Waals surface area contributed by atoms with Crippen molar-refractivity contribution in [3.8, 4) is 28.1 Å². The molecule has 0 bridgehead atoms. The number of allylic oxidation sites excluding steroid dienone is 3. The molecule has 22 heteroatoms. The van der Waals surface area contributed by atoms with Gasteiger partial charge in [-0.1, -0.05) is 131 Å². The summed E-state index contributed by atoms with van der Waals surface area (Å²) in [5.41, 5.74) is 9.09. The zero-order chi connectivity index (χ0) is 65.4. The number of hydrogen-bond donors (Lipinski definition) is 1. The van der Waals surface area contributed by atoms with Crippen molar-refractivity contribution in [1.29, 1.82) is 0 Å². The highest BCUT2D eigenvalue weighted by Gasteiger charge is 2.32. The number of hydrogen-bond acceptors (Lipinski definition) is 17. The Hall–Kier alpha value is -7.47. The predicted octanol–water partition coefficient (Wildman–Crippen LogP) is 12.2. The number of piperazine rings is 1. The second kappa shape index (κ2) is 36.0. The molecule has 3 aromatic heterocycles. The van der Waals surface area contributed by atoms with Gasteiger partial charge in [0.15, 0.2) is 0 Å². The molecule has 5 aromatic carbocycles. The van der Waals surface area contributed by atoms with Crippen LogP contribution < -0.4 is 10.1 Å². The van der Waals surface area contributed by atoms with E-state index in [4.69, 9.17) is 61.6 Å². The van der Waals surface area contributed by atoms with Crippen LogP contribution in [0.3, 0.4) is 0 Å². The Kier molecular flexibility index (Phi) is 26.1. The molecule has 2 saturated heterocycles. The molecular weight excluding hydrogens is 1240 g/mol. The zero-order valence-corrected chi connectivity index (χ0v) is 56.2. The Morgan fingerprint density at radius 1 is 0.695 bits per heavy atom. The number of nitrogens with one attached hydrogen (secondary N) is 1. The molecule has 0 radical (unpaired) electrons. The normalized spacial score (nSPS) is 16.6. The van der Waals surface area contributed by atoms with Crippen molar-refractivity contribution in [2.24, 2.45) is 5.92 Å². The molecule has 502 valence electrons. The number of carbonyl (C=O) groups is 1. The summed E-state index contributed by atoms with van der Waals surface area (Å²) in [5.74, 6) is 2.89. The molecule has 3 atom stereocenters. The van der Waals surface area contributed by atoms with Gasteiger partial charge in [-0.25, -0.2) is 19.4 Å². The number of aromatic nitrogens is 8. The first-order valence-corrected chi connectivity index (χ1v) is 34.2. The third-order valence-corrected chi connectivity index (χ3v) is 18.3. The second-order valence-corrected chi connectivity index (χ2v) is 25.3. The van der Waals surface area contributed by atoms with E-state index in [0.29, 0.717) is 97.3 Å². The fraction of sp³-hybridized carbons (Fsp3) is 0.438. The number of methoxy groups -OCH3 is 1. The summed E-state index contributed by atoms with van der Waals surface area (Å²) >= 11 is 12.6. The summed E-state index contributed by atoms with van der Waals surface area (Å²) in [6, 6.07) is 41.4. The molecule has 0 saturated carbocycles. The lowest BCUT2D eigenvalue weighted by Crippen LogP contribution is -2.48. The average Bonchev–Trinajstić information content (AvgIpc) is 1.40. The van der Waals surface area contributed by atoms with Gasteiger partial charge in [-0.15, -0.1) is 10.2 Å². The molecule has 2 fully saturated rings. The van der Waals surface area contributed by atoms with Crippen LogP contribution in [0, 0.1) is 5.92 Å². The highest BCUT2D eigenvalue weighted by atomic mass is 35.5. The maximum absolute atomic E-state index is 13.9. The van der Waals surface area contributed by atoms with Gasteiger partial charge >= 0.3 is 6.03 Å². The van der Waals surface area contributed by atoms with E-state index in [1.54, 1.807) is 18.0 Å². The Labute approximate surface area is 568 Å². The van der Waals surface area contributed by atoms with Gasteiger partial charge in [-0.2, -0.15) is 4.68 Å². The Bertz CT molecular complexity index is 3700. The molecule has 8 aromatic rings. The number of carbonyl (C=O) groups excluding carboxylic acids is 1. The minimum atomic E-state index is -0.163. The number of benzene rings is 5. The van der Waals surface area contributed by atoms with E-state index in [-0.39, 0.29) is 18.1 Å². The van der Waals surface area contributed by atoms with E-state index in [1.165, 1.54) is 15.8 Å². The van der Waals surface area contributed by atoms with Crippen LogP contribution in [0.1, 0.15) is 78.8 Å². The third-order valence-electron chi connectivity index (χ3n) is 17.7. The van der Waals surface area contributed by atoms with Crippen LogP contribution in [0.5, 0.6) is 5.75 Å². The monoisotopic (exact) mass is 1330 g/mol. The summed E-state index contributed by atoms with van der Waals surface area (Å²) in [6.45, 7) is 13.4. The van der Waals surface area contributed by atoms with Crippen LogP contribution in [0.25, 0.3) is 33.3 Å². The van der Waals surface area contributed by atoms with Gasteiger partial charge in [0.25, 0.3) is 0 Å². The summed E-state index contributed by atoms with van der Waals surface area (Å²) in [6.07, 6.45) is 16.6. The molecule has 3 aliphatic rings. The standard InChI is InChI=1S/C73H89Cl2N13O7/c1-83(34-8-33-76-72-66-10-3-4-11-67(66)77-70(78-72)53-84-36-38-85(39-37-84)71(60-21-27-62(74)28-22-60)61-23-29-63(75)30-24-61)40-43-91-45-47-93-49-50-94-48-46-92-44-41-86-51-64(79-81-86)54-95-42-7-9-55-13-15-59(16-14-55)69-12-5-6-35-87(69)73(89)88-52-68(80-82-88)58-19-17-56(18-20-58)57-25-31-65(90-2)32-26-57/h3-4,10-11,13-23,25-32,51-52,61,69,71H,5-9,12,24,33-50,53-54H2,1-2H3,(H,76,77,78)/t61?,69-,71?/m0/s1. The number of aryl methyl sites for hydroxylation is 1. The molecule has 95 heavy (non-hydrogen) atoms. The Balaban J connectivity index is 0.487. The van der Waals surface area contributed by atoms with Crippen LogP contribution in [0.15, 0.2) is 157 Å². The zero-order valence-electron chi connectivity index (χ0n) is 54.7. The highest BCUT2D eigenvalue weighted by molar-refractivity contribution is 6.31. The van der Waals surface area contributed by atoms with Crippen LogP contribution >= 0.6 is 23.2 Å². The van der Waals surface area contributed by atoms with Gasteiger partial charge in [0.05, 0.1) is 104 Å². The molecule has 2 aliphatic heterocycles. The van der Waals surface area contributed by atoms with Gasteiger partial charge < -0.3 is 43.5 Å². The maximum atomic E-state index is 13.9. The number of piperidine rings is 1. The number of halogens is 2. The molecule has 20 nitrogen and oxygen atoms in total. The molecule has 1 N–H and O–H groups in total. The van der Waals surface area contributed by atoms with Crippen molar-refractivity contribution in [2.75, 3.05) is 131 Å². The smallest absolute Gasteiger partial charge is 0.346 e. The number of amides is 1. The first kappa shape index (κ1) is 68.9. The molecule has 5 heterocycles. The van der Waals surface area contributed by atoms with Crippen molar-refractivity contribution in [1.82, 2.24) is 59.6 Å². The van der Waals surface area contributed by atoms with Crippen LogP contribution in [0.2, 0.25) is 5.02 Å². The molecular formula is C73H89Cl2N13O7. The lowest BCUT2D eigenvalue weighted by Gasteiger charge is -2.42. The molecule has 11 rings (SSSR count). The van der Waals surface area contributed by atoms with Crippen molar-refractivity contribution in [3.05, 3.63) is 190 Å². The fourth-order valence-electron chi connectivity index (χ4n) is 12.5. The number of rotatable bonds is 35. The van der Waals surface area contributed by atoms with Crippen molar-refractivity contribution in [3.63, 3.8) is 0 Å². The number of fused-ring (bicyclic) bond motifs is 1. The van der Waals surface area contributed by atoms with Gasteiger partial charge in [-0.3, -0.25) is 9.80 Å². The maximum Gasteiger partial charge on any atom is 0.346 e. The summed E-state index contributed by atoms with van der Waals surface area (Å²) in [7, 11) is 3.79. The van der Waals surface area contributed by atoms with Crippen LogP contribution in [0.4, 0.5) is 10.6 Å². The topological polar surface area (TPSA) is 185 Å². The molecule has 0 spiro atoms. The van der Waals surface area contributed by atoms with Crippen molar-refractivity contribution in [2.45, 2.75) is 76.7 Å². The van der Waals surface area contributed by atoms with E-state index in [9.17, 15) is 4.79 Å². The van der Waals surface area contributed by atoms with E-state index < -0.39 is 0 Å². The molecule has 1 aliphatic carbocycles. The SMILES string of the molecule is COc1ccc(-c2ccc(-c3cn(C(=O)N4CCCC[C@H]4c4ccc(CCCOCc5cn(CCOCCOCCOCCOCCN(C)CCCNc6nc(CN7CCN(C(c8ccc(Cl)cc8)C8C=CC(Cl)=CC8)CC7)nc7ccccc67)nn5)cc4)nn3)cc2)cc1. The van der Waals surface area contributed by atoms with Gasteiger partial charge in [0.1, 0.15) is 28.8 Å². The number of para-hydroxylation sites is 1. The van der Waals surface area contributed by atoms with Gasteiger partial charge in [0.2, 0.25) is 0 Å². The summed E-state index contributed by atoms with van der Waals surface area (Å²) in [5, 5.41) is 23.4. The minimum Gasteiger partial charge on any atom is -0.497 e. The Morgan fingerprint density at radius 2 is 1.41 bits per heavy atom. The van der Waals surface area contributed by atoms with Crippen LogP contribution in [-0.2, 0) is 49.8 Å². The predicted molar refractivity (Wildman–Crippen MR) is 372 cm³/mol. The van der Waals surface area contributed by atoms with Gasteiger partial charge in [-0.05, 0) is 129 Å². The number of likely N-dealkylation sites (tertiary alicyclic amines) is 1. The number of ether oxygens (including phenoxy) is 6. The minimum absolute atomic E-state index is 0.0289. The highest BCUT2D eigenvalue weighted by Crippen LogP contribution is 2.37. The van der Waals surface area contributed by atoms with Crippen molar-refractivity contribution >= 4 is 46.0 Å². The van der Waals surface area contributed by atoms with E-state index in [0.717, 1.165) is 157 Å². The Morgan fingerprint density at radius 3 is 2.15 bits per heavy atom. The summed E-state index contributed by atoms with van der Waals surface area (Å²) < 4.78 is 37.5. The quantitative estimate of drug-likeness (QED) is 0.0370. The largest absolute Gasteiger partial charge is 0.497 e. The lowest BCUT2D eigenvalue weighted by atomic mass is 9.86. The summed E-state index contributed by atoms with van der Waals surface area (Å²) in [4.78, 5) is 33.3. The first-order valence-electron chi connectivity index (χ1n) is 33.5. The second-order valence-electron chi connectivity index (χ2n) is 24.4. The number of likely N-dealkylation sites (N-methyl/N-ethyl adjacent to an activating group) is 1. The van der Waals surface area contributed by atoms with E-state index >= 15 is 0 Å². The fourth-order valence-corrected chi connectivity index (χ4v) is 12.8. The number of anilines is 1. The first-order chi connectivity index (χ1) is 46.7. The van der Waals surface area contributed by atoms with E-state index in [2.05, 4.69) is 121 Å². The molecule has 1 amide bonds. The number of nitrogens with zero attached hydrogens (tertiary/aromatic N) is 12. The van der Waals surface area contributed by atoms with Crippen molar-refractivity contribution < 1.29 is 33.2 Å². The van der Waals surface area contributed by atoms with E-state index in [1.807, 2.05) is 77.8 Å². The molecule has 2 unspecified atom stereocenters. The lowest BCUT2D eigenvalue weighted by molar-refractivity contribution is -0.00424.